The molecular weight excluding hydrogens is 379 g/mol. The lowest BCUT2D eigenvalue weighted by molar-refractivity contribution is 0.299. The van der Waals surface area contributed by atoms with Crippen molar-refractivity contribution < 1.29 is 21.2 Å². The van der Waals surface area contributed by atoms with E-state index in [1.807, 2.05) is 0 Å². The predicted octanol–water partition coefficient (Wildman–Crippen LogP) is 1.81. The number of sulfone groups is 1. The van der Waals surface area contributed by atoms with Crippen molar-refractivity contribution in [2.24, 2.45) is 0 Å². The number of likely N-dealkylation sites (N-methyl/N-ethyl adjacent to an activating group) is 1. The summed E-state index contributed by atoms with van der Waals surface area (Å²) in [4.78, 5) is 1.79. The largest absolute Gasteiger partial charge is 0.301 e. The molecule has 9 heteroatoms. The summed E-state index contributed by atoms with van der Waals surface area (Å²) >= 11 is 0. The Balaban J connectivity index is 2.20. The van der Waals surface area contributed by atoms with Gasteiger partial charge in [0.05, 0.1) is 9.79 Å². The highest BCUT2D eigenvalue weighted by Gasteiger charge is 2.20. The summed E-state index contributed by atoms with van der Waals surface area (Å²) in [5.74, 6) is -0.395. The summed E-state index contributed by atoms with van der Waals surface area (Å²) in [7, 11) is -3.70. The highest BCUT2D eigenvalue weighted by atomic mass is 32.2. The highest BCUT2D eigenvalue weighted by Crippen LogP contribution is 2.20. The molecule has 0 aromatic heterocycles. The lowest BCUT2D eigenvalue weighted by atomic mass is 10.1. The molecule has 2 aromatic rings. The third-order valence-electron chi connectivity index (χ3n) is 3.89. The predicted molar refractivity (Wildman–Crippen MR) is 97.6 cm³/mol. The van der Waals surface area contributed by atoms with E-state index in [9.17, 15) is 21.2 Å². The van der Waals surface area contributed by atoms with E-state index in [2.05, 4.69) is 4.72 Å². The number of nitrogens with zero attached hydrogens (tertiary/aromatic N) is 1. The molecule has 6 nitrogen and oxygen atoms in total. The van der Waals surface area contributed by atoms with Crippen LogP contribution in [-0.4, -0.2) is 48.6 Å². The smallest absolute Gasteiger partial charge is 0.240 e. The summed E-state index contributed by atoms with van der Waals surface area (Å²) in [6.07, 6.45) is 1.05. The zero-order valence-corrected chi connectivity index (χ0v) is 16.3. The first-order valence-electron chi connectivity index (χ1n) is 7.72. The second-order valence-electron chi connectivity index (χ2n) is 6.13. The summed E-state index contributed by atoms with van der Waals surface area (Å²) in [6.45, 7) is 0.0343. The standard InChI is InChI=1S/C17H21FN2O4S2/c1-20(2)17(13-5-4-6-14(18)11-13)12-19-26(23,24)16-9-7-15(8-10-16)25(3,21)22/h4-11,17,19H,12H2,1-3H3/t17-/m1/s1. The SMILES string of the molecule is CN(C)[C@H](CNS(=O)(=O)c1ccc(S(C)(=O)=O)cc1)c1cccc(F)c1. The van der Waals surface area contributed by atoms with Gasteiger partial charge in [-0.1, -0.05) is 12.1 Å². The molecule has 0 bridgehead atoms. The van der Waals surface area contributed by atoms with Crippen LogP contribution in [-0.2, 0) is 19.9 Å². The van der Waals surface area contributed by atoms with E-state index < -0.39 is 25.7 Å². The van der Waals surface area contributed by atoms with Crippen LogP contribution < -0.4 is 4.72 Å². The number of rotatable bonds is 7. The fourth-order valence-corrected chi connectivity index (χ4v) is 4.12. The molecular formula is C17H21FN2O4S2. The number of sulfonamides is 1. The molecule has 0 saturated carbocycles. The van der Waals surface area contributed by atoms with Gasteiger partial charge in [0.25, 0.3) is 0 Å². The van der Waals surface area contributed by atoms with Gasteiger partial charge in [-0.3, -0.25) is 0 Å². The molecule has 0 aliphatic rings. The van der Waals surface area contributed by atoms with E-state index in [1.54, 1.807) is 31.1 Å². The lowest BCUT2D eigenvalue weighted by Gasteiger charge is -2.25. The van der Waals surface area contributed by atoms with E-state index in [1.165, 1.54) is 36.4 Å². The molecule has 2 rings (SSSR count). The first-order valence-corrected chi connectivity index (χ1v) is 11.1. The lowest BCUT2D eigenvalue weighted by Crippen LogP contribution is -2.34. The minimum atomic E-state index is -3.83. The molecule has 1 atom stereocenters. The molecule has 0 fully saturated rings. The topological polar surface area (TPSA) is 83.6 Å². The molecule has 26 heavy (non-hydrogen) atoms. The van der Waals surface area contributed by atoms with Crippen molar-refractivity contribution in [3.8, 4) is 0 Å². The van der Waals surface area contributed by atoms with Crippen molar-refractivity contribution in [1.82, 2.24) is 9.62 Å². The summed E-state index contributed by atoms with van der Waals surface area (Å²) in [5, 5.41) is 0. The van der Waals surface area contributed by atoms with Gasteiger partial charge in [-0.25, -0.2) is 25.9 Å². The van der Waals surface area contributed by atoms with Gasteiger partial charge in [-0.2, -0.15) is 0 Å². The van der Waals surface area contributed by atoms with E-state index in [0.717, 1.165) is 6.26 Å². The minimum absolute atomic E-state index is 0.0343. The van der Waals surface area contributed by atoms with Gasteiger partial charge >= 0.3 is 0 Å². The third kappa shape index (κ3) is 5.10. The van der Waals surface area contributed by atoms with Gasteiger partial charge in [-0.15, -0.1) is 0 Å². The van der Waals surface area contributed by atoms with E-state index in [-0.39, 0.29) is 22.4 Å². The van der Waals surface area contributed by atoms with Gasteiger partial charge in [0.2, 0.25) is 10.0 Å². The van der Waals surface area contributed by atoms with Crippen LogP contribution in [0.15, 0.2) is 58.3 Å². The quantitative estimate of drug-likeness (QED) is 0.766. The molecule has 0 amide bonds. The molecule has 0 unspecified atom stereocenters. The van der Waals surface area contributed by atoms with Gasteiger partial charge in [-0.05, 0) is 56.1 Å². The van der Waals surface area contributed by atoms with Crippen molar-refractivity contribution in [3.63, 3.8) is 0 Å². The van der Waals surface area contributed by atoms with Crippen LogP contribution in [0.25, 0.3) is 0 Å². The van der Waals surface area contributed by atoms with Crippen molar-refractivity contribution in [2.45, 2.75) is 15.8 Å². The Morgan fingerprint density at radius 1 is 1.00 bits per heavy atom. The third-order valence-corrected chi connectivity index (χ3v) is 6.45. The number of nitrogens with one attached hydrogen (secondary N) is 1. The Labute approximate surface area is 153 Å². The first kappa shape index (κ1) is 20.5. The second-order valence-corrected chi connectivity index (χ2v) is 9.91. The Kier molecular flexibility index (Phi) is 6.17. The average Bonchev–Trinajstić information content (AvgIpc) is 2.54. The van der Waals surface area contributed by atoms with Crippen molar-refractivity contribution in [1.29, 1.82) is 0 Å². The van der Waals surface area contributed by atoms with Crippen LogP contribution >= 0.6 is 0 Å². The molecule has 0 aliphatic carbocycles. The maximum atomic E-state index is 13.5. The van der Waals surface area contributed by atoms with Gasteiger partial charge in [0.15, 0.2) is 9.84 Å². The van der Waals surface area contributed by atoms with Crippen molar-refractivity contribution in [2.75, 3.05) is 26.9 Å². The molecule has 0 radical (unpaired) electrons. The fourth-order valence-electron chi connectivity index (χ4n) is 2.45. The Morgan fingerprint density at radius 2 is 1.58 bits per heavy atom. The van der Waals surface area contributed by atoms with Crippen LogP contribution in [0.5, 0.6) is 0 Å². The zero-order chi connectivity index (χ0) is 19.5. The average molecular weight is 400 g/mol. The normalized spacial score (nSPS) is 13.7. The van der Waals surface area contributed by atoms with E-state index in [0.29, 0.717) is 5.56 Å². The van der Waals surface area contributed by atoms with Crippen LogP contribution in [0.2, 0.25) is 0 Å². The molecule has 0 aliphatic heterocycles. The Bertz CT molecular complexity index is 972. The fraction of sp³-hybridized carbons (Fsp3) is 0.294. The minimum Gasteiger partial charge on any atom is -0.301 e. The number of halogens is 1. The molecule has 0 heterocycles. The summed E-state index contributed by atoms with van der Waals surface area (Å²) in [6, 6.07) is 10.6. The van der Waals surface area contributed by atoms with Crippen LogP contribution in [0, 0.1) is 5.82 Å². The van der Waals surface area contributed by atoms with Crippen LogP contribution in [0.1, 0.15) is 11.6 Å². The Morgan fingerprint density at radius 3 is 2.08 bits per heavy atom. The summed E-state index contributed by atoms with van der Waals surface area (Å²) in [5.41, 5.74) is 0.644. The highest BCUT2D eigenvalue weighted by molar-refractivity contribution is 7.90. The van der Waals surface area contributed by atoms with Gasteiger partial charge in [0, 0.05) is 18.8 Å². The Hall–Kier alpha value is -1.81. The first-order chi connectivity index (χ1) is 12.0. The number of benzene rings is 2. The van der Waals surface area contributed by atoms with E-state index in [4.69, 9.17) is 0 Å². The van der Waals surface area contributed by atoms with Crippen LogP contribution in [0.4, 0.5) is 4.39 Å². The number of hydrogen-bond donors (Lipinski definition) is 1. The second kappa shape index (κ2) is 7.83. The molecule has 0 saturated heterocycles. The van der Waals surface area contributed by atoms with Gasteiger partial charge in [0.1, 0.15) is 5.82 Å². The number of hydrogen-bond acceptors (Lipinski definition) is 5. The maximum Gasteiger partial charge on any atom is 0.240 e. The van der Waals surface area contributed by atoms with Crippen molar-refractivity contribution >= 4 is 19.9 Å². The monoisotopic (exact) mass is 400 g/mol. The molecule has 142 valence electrons. The maximum absolute atomic E-state index is 13.5. The summed E-state index contributed by atoms with van der Waals surface area (Å²) < 4.78 is 63.8. The van der Waals surface area contributed by atoms with Gasteiger partial charge < -0.3 is 4.90 Å². The molecule has 2 aromatic carbocycles. The van der Waals surface area contributed by atoms with Crippen LogP contribution in [0.3, 0.4) is 0 Å². The zero-order valence-electron chi connectivity index (χ0n) is 14.7. The molecule has 1 N–H and O–H groups in total. The molecule has 0 spiro atoms. The van der Waals surface area contributed by atoms with Crippen molar-refractivity contribution in [3.05, 3.63) is 59.9 Å². The van der Waals surface area contributed by atoms with E-state index >= 15 is 0 Å².